The number of aromatic hydroxyl groups is 2. The predicted molar refractivity (Wildman–Crippen MR) is 133 cm³/mol. The largest absolute Gasteiger partial charge is 0.507 e. The normalized spacial score (nSPS) is 20.9. The minimum Gasteiger partial charge on any atom is -0.507 e. The molecule has 2 aliphatic rings. The zero-order chi connectivity index (χ0) is 25.7. The summed E-state index contributed by atoms with van der Waals surface area (Å²) in [6.07, 6.45) is 0. The van der Waals surface area contributed by atoms with E-state index in [2.05, 4.69) is 9.98 Å². The fraction of sp³-hybridized carbons (Fsp3) is 0.462. The van der Waals surface area contributed by atoms with Crippen LogP contribution >= 0.6 is 0 Å². The van der Waals surface area contributed by atoms with E-state index in [1.54, 1.807) is 36.4 Å². The summed E-state index contributed by atoms with van der Waals surface area (Å²) in [4.78, 5) is 9.04. The van der Waals surface area contributed by atoms with Crippen molar-refractivity contribution in [1.29, 1.82) is 0 Å². The van der Waals surface area contributed by atoms with E-state index < -0.39 is 22.2 Å². The van der Waals surface area contributed by atoms with Crippen LogP contribution in [0.15, 0.2) is 58.5 Å². The maximum Gasteiger partial charge on any atom is 0.159 e. The SMILES string of the molecule is CC1(C)N=C(c2ccccc2O)N(O)C1(C)C.CC1(C)N=C(c2ccccc2O)N(O)C1(C)C.[Cu]. The van der Waals surface area contributed by atoms with Crippen LogP contribution in [0, 0.1) is 0 Å². The molecule has 0 unspecified atom stereocenters. The molecule has 4 N–H and O–H groups in total. The first kappa shape index (κ1) is 28.7. The van der Waals surface area contributed by atoms with Crippen molar-refractivity contribution >= 4 is 11.7 Å². The summed E-state index contributed by atoms with van der Waals surface area (Å²) >= 11 is 0. The molecule has 35 heavy (non-hydrogen) atoms. The Kier molecular flexibility index (Phi) is 7.75. The van der Waals surface area contributed by atoms with E-state index >= 15 is 0 Å². The number of benzene rings is 2. The van der Waals surface area contributed by atoms with Gasteiger partial charge < -0.3 is 10.2 Å². The van der Waals surface area contributed by atoms with Crippen LogP contribution in [0.25, 0.3) is 0 Å². The van der Waals surface area contributed by atoms with Crippen LogP contribution in [0.4, 0.5) is 0 Å². The smallest absolute Gasteiger partial charge is 0.159 e. The number of hydrogen-bond acceptors (Lipinski definition) is 8. The Morgan fingerprint density at radius 2 is 0.857 bits per heavy atom. The Balaban J connectivity index is 0.000000240. The number of aliphatic imine (C=N–C) groups is 2. The van der Waals surface area contributed by atoms with Crippen LogP contribution in [-0.2, 0) is 17.1 Å². The van der Waals surface area contributed by atoms with E-state index in [1.165, 1.54) is 0 Å². The Labute approximate surface area is 218 Å². The molecule has 9 heteroatoms. The van der Waals surface area contributed by atoms with E-state index in [-0.39, 0.29) is 28.6 Å². The first-order chi connectivity index (χ1) is 15.5. The third-order valence-electron chi connectivity index (χ3n) is 7.52. The number of rotatable bonds is 2. The summed E-state index contributed by atoms with van der Waals surface area (Å²) in [5, 5.41) is 42.3. The number of nitrogens with zero attached hydrogens (tertiary/aromatic N) is 4. The summed E-state index contributed by atoms with van der Waals surface area (Å²) in [5.41, 5.74) is -0.754. The molecule has 0 fully saturated rings. The van der Waals surface area contributed by atoms with Crippen molar-refractivity contribution in [3.8, 4) is 11.5 Å². The number of para-hydroxylation sites is 2. The van der Waals surface area contributed by atoms with Gasteiger partial charge in [0.1, 0.15) is 11.5 Å². The average molecular weight is 532 g/mol. The second-order valence-corrected chi connectivity index (χ2v) is 10.8. The van der Waals surface area contributed by atoms with Crippen LogP contribution in [0.5, 0.6) is 11.5 Å². The summed E-state index contributed by atoms with van der Waals surface area (Å²) < 4.78 is 0. The van der Waals surface area contributed by atoms with E-state index in [4.69, 9.17) is 0 Å². The second kappa shape index (κ2) is 9.47. The van der Waals surface area contributed by atoms with E-state index in [9.17, 15) is 20.6 Å². The Bertz CT molecular complexity index is 1050. The zero-order valence-electron chi connectivity index (χ0n) is 21.5. The summed E-state index contributed by atoms with van der Waals surface area (Å²) in [5.74, 6) is 1.08. The fourth-order valence-electron chi connectivity index (χ4n) is 3.62. The number of phenols is 2. The summed E-state index contributed by atoms with van der Waals surface area (Å²) in [7, 11) is 0. The van der Waals surface area contributed by atoms with Gasteiger partial charge in [0.25, 0.3) is 0 Å². The molecule has 0 saturated heterocycles. The number of hydrogen-bond donors (Lipinski definition) is 4. The maximum absolute atomic E-state index is 10.2. The first-order valence-corrected chi connectivity index (χ1v) is 11.3. The molecule has 0 aliphatic carbocycles. The minimum atomic E-state index is -0.509. The van der Waals surface area contributed by atoms with Crippen LogP contribution in [0.2, 0.25) is 0 Å². The molecule has 2 aromatic rings. The number of amidine groups is 2. The molecule has 0 saturated carbocycles. The molecular weight excluding hydrogens is 496 g/mol. The van der Waals surface area contributed by atoms with Gasteiger partial charge in [0, 0.05) is 17.1 Å². The fourth-order valence-corrected chi connectivity index (χ4v) is 3.62. The topological polar surface area (TPSA) is 112 Å². The van der Waals surface area contributed by atoms with Gasteiger partial charge in [-0.3, -0.25) is 20.4 Å². The van der Waals surface area contributed by atoms with Crippen molar-refractivity contribution in [2.75, 3.05) is 0 Å². The van der Waals surface area contributed by atoms with Crippen LogP contribution in [0.3, 0.4) is 0 Å². The Morgan fingerprint density at radius 3 is 1.09 bits per heavy atom. The van der Waals surface area contributed by atoms with Crippen molar-refractivity contribution in [3.05, 3.63) is 59.7 Å². The van der Waals surface area contributed by atoms with Gasteiger partial charge in [0.05, 0.1) is 33.3 Å². The van der Waals surface area contributed by atoms with Crippen LogP contribution in [0.1, 0.15) is 66.5 Å². The first-order valence-electron chi connectivity index (χ1n) is 11.3. The number of hydroxylamine groups is 4. The third kappa shape index (κ3) is 4.78. The molecule has 0 bridgehead atoms. The Hall–Kier alpha value is -2.58. The van der Waals surface area contributed by atoms with Crippen molar-refractivity contribution in [3.63, 3.8) is 0 Å². The van der Waals surface area contributed by atoms with Crippen molar-refractivity contribution in [2.24, 2.45) is 9.98 Å². The van der Waals surface area contributed by atoms with Crippen molar-refractivity contribution in [1.82, 2.24) is 10.1 Å². The van der Waals surface area contributed by atoms with Gasteiger partial charge in [0.15, 0.2) is 11.7 Å². The summed E-state index contributed by atoms with van der Waals surface area (Å²) in [6, 6.07) is 13.8. The van der Waals surface area contributed by atoms with Gasteiger partial charge in [-0.2, -0.15) is 0 Å². The Morgan fingerprint density at radius 1 is 0.571 bits per heavy atom. The standard InChI is InChI=1S/2C13H18N2O2.Cu/c2*1-12(2)13(3,4)15(17)11(14-12)9-7-5-6-8-10(9)16;/h2*5-8,16-17H,1-4H3;. The average Bonchev–Trinajstić information content (AvgIpc) is 3.01. The third-order valence-corrected chi connectivity index (χ3v) is 7.52. The van der Waals surface area contributed by atoms with E-state index in [0.29, 0.717) is 22.8 Å². The molecule has 2 heterocycles. The van der Waals surface area contributed by atoms with Crippen molar-refractivity contribution < 1.29 is 37.7 Å². The zero-order valence-corrected chi connectivity index (χ0v) is 22.4. The molecule has 0 spiro atoms. The number of phenolic OH excluding ortho intramolecular Hbond substituents is 2. The monoisotopic (exact) mass is 531 g/mol. The van der Waals surface area contributed by atoms with Gasteiger partial charge in [-0.15, -0.1) is 0 Å². The molecule has 8 nitrogen and oxygen atoms in total. The molecule has 0 aromatic heterocycles. The van der Waals surface area contributed by atoms with Gasteiger partial charge in [-0.1, -0.05) is 24.3 Å². The molecule has 2 aromatic carbocycles. The van der Waals surface area contributed by atoms with Crippen molar-refractivity contribution in [2.45, 2.75) is 77.5 Å². The van der Waals surface area contributed by atoms with Crippen LogP contribution < -0.4 is 0 Å². The molecule has 195 valence electrons. The minimum absolute atomic E-state index is 0. The molecule has 4 rings (SSSR count). The molecule has 1 radical (unpaired) electrons. The van der Waals surface area contributed by atoms with Gasteiger partial charge >= 0.3 is 0 Å². The summed E-state index contributed by atoms with van der Waals surface area (Å²) in [6.45, 7) is 15.5. The molecule has 0 amide bonds. The van der Waals surface area contributed by atoms with Gasteiger partial charge in [0.2, 0.25) is 0 Å². The molecule has 2 aliphatic heterocycles. The quantitative estimate of drug-likeness (QED) is 0.414. The van der Waals surface area contributed by atoms with Gasteiger partial charge in [-0.05, 0) is 79.7 Å². The van der Waals surface area contributed by atoms with E-state index in [1.807, 2.05) is 67.5 Å². The van der Waals surface area contributed by atoms with Gasteiger partial charge in [-0.25, -0.2) is 10.1 Å². The van der Waals surface area contributed by atoms with E-state index in [0.717, 1.165) is 10.1 Å². The molecular formula is C26H36CuN4O4. The molecule has 0 atom stereocenters. The maximum atomic E-state index is 10.2. The second-order valence-electron chi connectivity index (χ2n) is 10.8. The predicted octanol–water partition coefficient (Wildman–Crippen LogP) is 4.80. The van der Waals surface area contributed by atoms with Crippen LogP contribution in [-0.4, -0.2) is 64.6 Å².